The summed E-state index contributed by atoms with van der Waals surface area (Å²) in [7, 11) is 0. The molecule has 1 aliphatic rings. The largest absolute Gasteiger partial charge is 0.491 e. The third kappa shape index (κ3) is 4.53. The van der Waals surface area contributed by atoms with Crippen LogP contribution < -0.4 is 9.64 Å². The smallest absolute Gasteiger partial charge is 0.120 e. The molecule has 6 nitrogen and oxygen atoms in total. The fraction of sp³-hybridized carbons (Fsp3) is 0.350. The Morgan fingerprint density at radius 3 is 2.67 bits per heavy atom. The van der Waals surface area contributed by atoms with Crippen LogP contribution in [0.3, 0.4) is 0 Å². The number of halogens is 1. The minimum absolute atomic E-state index is 0.279. The number of H-pyrrole nitrogens is 1. The summed E-state index contributed by atoms with van der Waals surface area (Å²) in [6.45, 7) is 4.60. The van der Waals surface area contributed by atoms with E-state index >= 15 is 0 Å². The molecule has 4 rings (SSSR count). The van der Waals surface area contributed by atoms with Crippen molar-refractivity contribution in [2.45, 2.75) is 6.10 Å². The molecule has 0 saturated carbocycles. The van der Waals surface area contributed by atoms with E-state index in [0.717, 1.165) is 47.9 Å². The molecule has 142 valence electrons. The number of aliphatic hydroxyl groups excluding tert-OH is 1. The van der Waals surface area contributed by atoms with Gasteiger partial charge in [0.15, 0.2) is 0 Å². The lowest BCUT2D eigenvalue weighted by Gasteiger charge is -2.36. The van der Waals surface area contributed by atoms with E-state index in [1.165, 1.54) is 5.69 Å². The molecule has 2 aromatic carbocycles. The zero-order valence-electron chi connectivity index (χ0n) is 15.0. The van der Waals surface area contributed by atoms with Gasteiger partial charge in [-0.1, -0.05) is 11.6 Å². The van der Waals surface area contributed by atoms with E-state index in [0.29, 0.717) is 6.54 Å². The van der Waals surface area contributed by atoms with E-state index in [1.54, 1.807) is 6.20 Å². The van der Waals surface area contributed by atoms with Crippen molar-refractivity contribution in [3.8, 4) is 5.75 Å². The van der Waals surface area contributed by atoms with Crippen molar-refractivity contribution in [1.29, 1.82) is 0 Å². The molecule has 0 bridgehead atoms. The summed E-state index contributed by atoms with van der Waals surface area (Å²) in [5.74, 6) is 0.746. The van der Waals surface area contributed by atoms with Crippen LogP contribution >= 0.6 is 11.6 Å². The average molecular weight is 387 g/mol. The fourth-order valence-corrected chi connectivity index (χ4v) is 3.52. The molecule has 0 unspecified atom stereocenters. The molecule has 2 heterocycles. The van der Waals surface area contributed by atoms with E-state index in [-0.39, 0.29) is 6.61 Å². The molecule has 7 heteroatoms. The van der Waals surface area contributed by atoms with Crippen molar-refractivity contribution in [3.05, 3.63) is 53.7 Å². The number of hydrogen-bond acceptors (Lipinski definition) is 5. The maximum absolute atomic E-state index is 10.3. The van der Waals surface area contributed by atoms with E-state index in [4.69, 9.17) is 16.3 Å². The molecule has 27 heavy (non-hydrogen) atoms. The molecule has 0 aliphatic carbocycles. The topological polar surface area (TPSA) is 64.6 Å². The summed E-state index contributed by atoms with van der Waals surface area (Å²) >= 11 is 5.96. The number of aromatic amines is 1. The van der Waals surface area contributed by atoms with Crippen LogP contribution in [0.4, 0.5) is 5.69 Å². The molecule has 0 amide bonds. The van der Waals surface area contributed by atoms with E-state index in [9.17, 15) is 5.11 Å². The van der Waals surface area contributed by atoms with Gasteiger partial charge >= 0.3 is 0 Å². The maximum atomic E-state index is 10.3. The fourth-order valence-electron chi connectivity index (χ4n) is 3.39. The number of anilines is 1. The highest BCUT2D eigenvalue weighted by Crippen LogP contribution is 2.20. The molecule has 1 saturated heterocycles. The van der Waals surface area contributed by atoms with Gasteiger partial charge < -0.3 is 14.7 Å². The lowest BCUT2D eigenvalue weighted by molar-refractivity contribution is 0.0663. The molecule has 1 aromatic heterocycles. The van der Waals surface area contributed by atoms with Crippen molar-refractivity contribution < 1.29 is 9.84 Å². The Morgan fingerprint density at radius 2 is 1.89 bits per heavy atom. The highest BCUT2D eigenvalue weighted by Gasteiger charge is 2.19. The minimum Gasteiger partial charge on any atom is -0.491 e. The number of aromatic nitrogens is 2. The summed E-state index contributed by atoms with van der Waals surface area (Å²) in [6.07, 6.45) is 1.24. The zero-order chi connectivity index (χ0) is 18.6. The summed E-state index contributed by atoms with van der Waals surface area (Å²) in [6, 6.07) is 13.7. The average Bonchev–Trinajstić information content (AvgIpc) is 3.15. The van der Waals surface area contributed by atoms with Gasteiger partial charge in [0.25, 0.3) is 0 Å². The van der Waals surface area contributed by atoms with E-state index in [1.807, 2.05) is 30.3 Å². The molecule has 0 spiro atoms. The van der Waals surface area contributed by atoms with Gasteiger partial charge in [-0.25, -0.2) is 0 Å². The zero-order valence-corrected chi connectivity index (χ0v) is 15.8. The van der Waals surface area contributed by atoms with Crippen molar-refractivity contribution >= 4 is 28.2 Å². The van der Waals surface area contributed by atoms with E-state index in [2.05, 4.69) is 32.1 Å². The van der Waals surface area contributed by atoms with Crippen LogP contribution in [0.25, 0.3) is 10.9 Å². The number of nitrogens with one attached hydrogen (secondary N) is 1. The van der Waals surface area contributed by atoms with Gasteiger partial charge in [0.05, 0.1) is 11.7 Å². The number of ether oxygens (including phenoxy) is 1. The third-order valence-corrected chi connectivity index (χ3v) is 5.14. The van der Waals surface area contributed by atoms with E-state index < -0.39 is 6.10 Å². The number of rotatable bonds is 6. The first-order valence-corrected chi connectivity index (χ1v) is 9.52. The second kappa shape index (κ2) is 8.17. The van der Waals surface area contributed by atoms with Crippen molar-refractivity contribution in [3.63, 3.8) is 0 Å². The Labute approximate surface area is 163 Å². The highest BCUT2D eigenvalue weighted by atomic mass is 35.5. The molecule has 1 aliphatic heterocycles. The van der Waals surface area contributed by atoms with Crippen LogP contribution in [0.2, 0.25) is 5.02 Å². The van der Waals surface area contributed by atoms with Crippen LogP contribution in [0.1, 0.15) is 0 Å². The van der Waals surface area contributed by atoms with Gasteiger partial charge in [0.2, 0.25) is 0 Å². The lowest BCUT2D eigenvalue weighted by Crippen LogP contribution is -2.49. The predicted molar refractivity (Wildman–Crippen MR) is 108 cm³/mol. The quantitative estimate of drug-likeness (QED) is 0.682. The van der Waals surface area contributed by atoms with Crippen molar-refractivity contribution in [1.82, 2.24) is 15.1 Å². The van der Waals surface area contributed by atoms with Gasteiger partial charge in [-0.2, -0.15) is 5.10 Å². The predicted octanol–water partition coefficient (Wildman–Crippen LogP) is 2.78. The Balaban J connectivity index is 1.23. The van der Waals surface area contributed by atoms with Gasteiger partial charge in [0.1, 0.15) is 18.5 Å². The number of piperazine rings is 1. The molecule has 0 radical (unpaired) electrons. The Kier molecular flexibility index (Phi) is 5.48. The third-order valence-electron chi connectivity index (χ3n) is 4.89. The molecule has 2 N–H and O–H groups in total. The van der Waals surface area contributed by atoms with Crippen LogP contribution in [0, 0.1) is 0 Å². The number of benzene rings is 2. The number of hydrogen-bond donors (Lipinski definition) is 2. The van der Waals surface area contributed by atoms with Crippen LogP contribution in [0.5, 0.6) is 5.75 Å². The highest BCUT2D eigenvalue weighted by molar-refractivity contribution is 6.30. The summed E-state index contributed by atoms with van der Waals surface area (Å²) in [5, 5.41) is 19.0. The van der Waals surface area contributed by atoms with Crippen LogP contribution in [-0.4, -0.2) is 65.6 Å². The van der Waals surface area contributed by atoms with Crippen LogP contribution in [0.15, 0.2) is 48.7 Å². The molecule has 3 aromatic rings. The summed E-state index contributed by atoms with van der Waals surface area (Å²) < 4.78 is 5.75. The first-order chi connectivity index (χ1) is 13.2. The molecular formula is C20H23ClN4O2. The van der Waals surface area contributed by atoms with Gasteiger partial charge in [-0.3, -0.25) is 10.00 Å². The van der Waals surface area contributed by atoms with Crippen molar-refractivity contribution in [2.24, 2.45) is 0 Å². The van der Waals surface area contributed by atoms with Crippen molar-refractivity contribution in [2.75, 3.05) is 44.2 Å². The first kappa shape index (κ1) is 18.1. The maximum Gasteiger partial charge on any atom is 0.120 e. The Bertz CT molecular complexity index is 875. The molecule has 1 fully saturated rings. The summed E-state index contributed by atoms with van der Waals surface area (Å²) in [5.41, 5.74) is 2.17. The van der Waals surface area contributed by atoms with Gasteiger partial charge in [0, 0.05) is 48.8 Å². The SMILES string of the molecule is O[C@H](COc1ccc2[nH]ncc2c1)CN1CCN(c2ccc(Cl)cc2)CC1. The first-order valence-electron chi connectivity index (χ1n) is 9.14. The molecule has 1 atom stereocenters. The molecular weight excluding hydrogens is 364 g/mol. The van der Waals surface area contributed by atoms with Crippen LogP contribution in [-0.2, 0) is 0 Å². The van der Waals surface area contributed by atoms with Gasteiger partial charge in [-0.05, 0) is 42.5 Å². The number of β-amino-alcohol motifs (C(OH)–C–C–N with tert-alkyl or cyclic N) is 1. The number of fused-ring (bicyclic) bond motifs is 1. The standard InChI is InChI=1S/C20H23ClN4O2/c21-16-1-3-17(4-2-16)25-9-7-24(8-10-25)13-18(26)14-27-19-5-6-20-15(11-19)12-22-23-20/h1-6,11-12,18,26H,7-10,13-14H2,(H,22,23)/t18-/m0/s1. The summed E-state index contributed by atoms with van der Waals surface area (Å²) in [4.78, 5) is 4.62. The Morgan fingerprint density at radius 1 is 1.11 bits per heavy atom. The monoisotopic (exact) mass is 386 g/mol. The number of nitrogens with zero attached hydrogens (tertiary/aromatic N) is 3. The Hall–Kier alpha value is -2.28. The second-order valence-electron chi connectivity index (χ2n) is 6.85. The van der Waals surface area contributed by atoms with Gasteiger partial charge in [-0.15, -0.1) is 0 Å². The normalized spacial score (nSPS) is 16.6. The second-order valence-corrected chi connectivity index (χ2v) is 7.28. The number of aliphatic hydroxyl groups is 1. The minimum atomic E-state index is -0.521. The lowest BCUT2D eigenvalue weighted by atomic mass is 10.2.